The molecule has 5 heteroatoms. The van der Waals surface area contributed by atoms with Crippen LogP contribution >= 0.6 is 0 Å². The monoisotopic (exact) mass is 207 g/mol. The summed E-state index contributed by atoms with van der Waals surface area (Å²) in [5.41, 5.74) is 0. The second-order valence-electron chi connectivity index (χ2n) is 3.33. The van der Waals surface area contributed by atoms with E-state index in [0.717, 1.165) is 0 Å². The number of rotatable bonds is 5. The summed E-state index contributed by atoms with van der Waals surface area (Å²) >= 11 is -2.11. The van der Waals surface area contributed by atoms with Crippen LogP contribution in [-0.4, -0.2) is 28.0 Å². The summed E-state index contributed by atoms with van der Waals surface area (Å²) in [6.45, 7) is 0.969. The number of nitrogens with one attached hydrogen (secondary N) is 1. The first-order valence-corrected chi connectivity index (χ1v) is 5.80. The molecule has 1 unspecified atom stereocenters. The van der Waals surface area contributed by atoms with E-state index in [1.54, 1.807) is 0 Å². The van der Waals surface area contributed by atoms with Crippen molar-refractivity contribution in [3.63, 3.8) is 0 Å². The molecule has 2 N–H and O–H groups in total. The van der Waals surface area contributed by atoms with E-state index in [2.05, 4.69) is 9.50 Å². The SMILES string of the molecule is O=S(O)OCCNC1CCCCC1. The Morgan fingerprint density at radius 1 is 1.38 bits per heavy atom. The number of hydrogen-bond donors (Lipinski definition) is 2. The van der Waals surface area contributed by atoms with Gasteiger partial charge in [-0.05, 0) is 12.8 Å². The normalized spacial score (nSPS) is 21.6. The minimum Gasteiger partial charge on any atom is -0.312 e. The van der Waals surface area contributed by atoms with Crippen LogP contribution in [-0.2, 0) is 15.5 Å². The second-order valence-corrected chi connectivity index (χ2v) is 4.00. The van der Waals surface area contributed by atoms with Gasteiger partial charge < -0.3 is 5.32 Å². The van der Waals surface area contributed by atoms with Crippen LogP contribution in [0.2, 0.25) is 0 Å². The molecule has 1 saturated carbocycles. The van der Waals surface area contributed by atoms with Crippen molar-refractivity contribution in [3.8, 4) is 0 Å². The summed E-state index contributed by atoms with van der Waals surface area (Å²) < 4.78 is 22.9. The Hall–Kier alpha value is 0.0300. The van der Waals surface area contributed by atoms with Gasteiger partial charge in [-0.15, -0.1) is 0 Å². The van der Waals surface area contributed by atoms with Gasteiger partial charge in [-0.2, -0.15) is 4.21 Å². The van der Waals surface area contributed by atoms with E-state index in [1.165, 1.54) is 32.1 Å². The van der Waals surface area contributed by atoms with E-state index >= 15 is 0 Å². The molecule has 0 heterocycles. The van der Waals surface area contributed by atoms with Crippen LogP contribution in [0.15, 0.2) is 0 Å². The Morgan fingerprint density at radius 3 is 2.69 bits per heavy atom. The Morgan fingerprint density at radius 2 is 2.08 bits per heavy atom. The fraction of sp³-hybridized carbons (Fsp3) is 1.00. The molecule has 78 valence electrons. The molecule has 0 aromatic carbocycles. The number of hydrogen-bond acceptors (Lipinski definition) is 3. The van der Waals surface area contributed by atoms with Crippen molar-refractivity contribution in [3.05, 3.63) is 0 Å². The fourth-order valence-corrected chi connectivity index (χ4v) is 1.91. The summed E-state index contributed by atoms with van der Waals surface area (Å²) in [4.78, 5) is 0. The Balaban J connectivity index is 1.95. The molecule has 0 aromatic heterocycles. The van der Waals surface area contributed by atoms with E-state index in [4.69, 9.17) is 4.55 Å². The van der Waals surface area contributed by atoms with Crippen LogP contribution in [0.3, 0.4) is 0 Å². The second kappa shape index (κ2) is 6.48. The first kappa shape index (κ1) is 11.1. The zero-order valence-electron chi connectivity index (χ0n) is 7.70. The van der Waals surface area contributed by atoms with Crippen molar-refractivity contribution < 1.29 is 12.9 Å². The van der Waals surface area contributed by atoms with E-state index in [0.29, 0.717) is 19.2 Å². The molecule has 0 saturated heterocycles. The zero-order chi connectivity index (χ0) is 9.52. The first-order chi connectivity index (χ1) is 6.29. The molecular weight excluding hydrogens is 190 g/mol. The van der Waals surface area contributed by atoms with Gasteiger partial charge in [0.1, 0.15) is 0 Å². The third-order valence-electron chi connectivity index (χ3n) is 2.32. The van der Waals surface area contributed by atoms with E-state index in [9.17, 15) is 4.21 Å². The van der Waals surface area contributed by atoms with Crippen LogP contribution in [0.5, 0.6) is 0 Å². The highest BCUT2D eigenvalue weighted by Crippen LogP contribution is 2.16. The molecule has 0 aromatic rings. The van der Waals surface area contributed by atoms with Gasteiger partial charge in [0.25, 0.3) is 0 Å². The maximum atomic E-state index is 10.1. The summed E-state index contributed by atoms with van der Waals surface area (Å²) in [5.74, 6) is 0. The van der Waals surface area contributed by atoms with Gasteiger partial charge in [0, 0.05) is 12.6 Å². The Kier molecular flexibility index (Phi) is 5.54. The van der Waals surface area contributed by atoms with Crippen molar-refractivity contribution >= 4 is 11.4 Å². The molecule has 4 nitrogen and oxygen atoms in total. The zero-order valence-corrected chi connectivity index (χ0v) is 8.52. The van der Waals surface area contributed by atoms with Gasteiger partial charge in [0.15, 0.2) is 0 Å². The summed E-state index contributed by atoms with van der Waals surface area (Å²) in [6.07, 6.45) is 6.38. The minimum atomic E-state index is -2.11. The summed E-state index contributed by atoms with van der Waals surface area (Å²) in [5, 5.41) is 3.31. The average Bonchev–Trinajstić information content (AvgIpc) is 2.14. The molecule has 13 heavy (non-hydrogen) atoms. The molecule has 0 radical (unpaired) electrons. The molecule has 1 aliphatic carbocycles. The van der Waals surface area contributed by atoms with Crippen LogP contribution < -0.4 is 5.32 Å². The highest BCUT2D eigenvalue weighted by molar-refractivity contribution is 7.74. The van der Waals surface area contributed by atoms with Gasteiger partial charge in [-0.3, -0.25) is 8.74 Å². The molecule has 1 atom stereocenters. The van der Waals surface area contributed by atoms with Crippen LogP contribution in [0.25, 0.3) is 0 Å². The van der Waals surface area contributed by atoms with Gasteiger partial charge >= 0.3 is 11.4 Å². The summed E-state index contributed by atoms with van der Waals surface area (Å²) in [6, 6.07) is 0.587. The van der Waals surface area contributed by atoms with Crippen molar-refractivity contribution in [1.82, 2.24) is 5.32 Å². The first-order valence-electron chi connectivity index (χ1n) is 4.76. The average molecular weight is 207 g/mol. The Labute approximate surface area is 81.5 Å². The van der Waals surface area contributed by atoms with Gasteiger partial charge in [-0.1, -0.05) is 19.3 Å². The van der Waals surface area contributed by atoms with Crippen molar-refractivity contribution in [2.75, 3.05) is 13.2 Å². The molecule has 1 fully saturated rings. The predicted octanol–water partition coefficient (Wildman–Crippen LogP) is 1.06. The smallest absolute Gasteiger partial charge is 0.301 e. The predicted molar refractivity (Wildman–Crippen MR) is 51.6 cm³/mol. The third-order valence-corrected chi connectivity index (χ3v) is 2.69. The highest BCUT2D eigenvalue weighted by Gasteiger charge is 2.11. The van der Waals surface area contributed by atoms with Crippen LogP contribution in [0.4, 0.5) is 0 Å². The van der Waals surface area contributed by atoms with E-state index < -0.39 is 11.4 Å². The molecule has 0 aliphatic heterocycles. The molecule has 0 amide bonds. The van der Waals surface area contributed by atoms with E-state index in [1.807, 2.05) is 0 Å². The minimum absolute atomic E-state index is 0.305. The largest absolute Gasteiger partial charge is 0.312 e. The molecular formula is C8H17NO3S. The maximum Gasteiger partial charge on any atom is 0.301 e. The van der Waals surface area contributed by atoms with Gasteiger partial charge in [-0.25, -0.2) is 0 Å². The molecule has 1 aliphatic rings. The lowest BCUT2D eigenvalue weighted by Crippen LogP contribution is -2.33. The lowest BCUT2D eigenvalue weighted by atomic mass is 9.96. The van der Waals surface area contributed by atoms with Gasteiger partial charge in [0.05, 0.1) is 6.61 Å². The van der Waals surface area contributed by atoms with Crippen molar-refractivity contribution in [2.24, 2.45) is 0 Å². The Bertz CT molecular complexity index is 159. The van der Waals surface area contributed by atoms with Crippen LogP contribution in [0, 0.1) is 0 Å². The molecule has 0 bridgehead atoms. The highest BCUT2D eigenvalue weighted by atomic mass is 32.2. The summed E-state index contributed by atoms with van der Waals surface area (Å²) in [7, 11) is 0. The lowest BCUT2D eigenvalue weighted by molar-refractivity contribution is 0.284. The maximum absolute atomic E-state index is 10.1. The van der Waals surface area contributed by atoms with Crippen molar-refractivity contribution in [1.29, 1.82) is 0 Å². The topological polar surface area (TPSA) is 58.6 Å². The lowest BCUT2D eigenvalue weighted by Gasteiger charge is -2.22. The molecule has 0 spiro atoms. The van der Waals surface area contributed by atoms with Crippen molar-refractivity contribution in [2.45, 2.75) is 38.1 Å². The van der Waals surface area contributed by atoms with Crippen LogP contribution in [0.1, 0.15) is 32.1 Å². The van der Waals surface area contributed by atoms with E-state index in [-0.39, 0.29) is 0 Å². The standard InChI is InChI=1S/C8H17NO3S/c10-13(11)12-7-6-9-8-4-2-1-3-5-8/h8-9H,1-7H2,(H,10,11). The quantitative estimate of drug-likeness (QED) is 0.523. The van der Waals surface area contributed by atoms with Gasteiger partial charge in [0.2, 0.25) is 0 Å². The third kappa shape index (κ3) is 5.36. The molecule has 1 rings (SSSR count). The fourth-order valence-electron chi connectivity index (χ4n) is 1.68.